The second-order valence-corrected chi connectivity index (χ2v) is 10.3. The van der Waals surface area contributed by atoms with E-state index in [0.717, 1.165) is 12.2 Å². The van der Waals surface area contributed by atoms with Crippen LogP contribution >= 0.6 is 11.8 Å². The van der Waals surface area contributed by atoms with E-state index in [1.165, 1.54) is 36.5 Å². The fourth-order valence-corrected chi connectivity index (χ4v) is 7.49. The van der Waals surface area contributed by atoms with Gasteiger partial charge in [0.15, 0.2) is 11.4 Å². The summed E-state index contributed by atoms with van der Waals surface area (Å²) in [5.74, 6) is 0.613. The fraction of sp³-hybridized carbons (Fsp3) is 0.500. The minimum absolute atomic E-state index is 0.0226. The van der Waals surface area contributed by atoms with Crippen molar-refractivity contribution in [3.05, 3.63) is 63.6 Å². The molecule has 4 heterocycles. The molecule has 1 amide bonds. The second-order valence-electron chi connectivity index (χ2n) is 9.10. The molecule has 4 unspecified atom stereocenters. The van der Waals surface area contributed by atoms with Gasteiger partial charge in [0.1, 0.15) is 6.17 Å². The predicted molar refractivity (Wildman–Crippen MR) is 122 cm³/mol. The molecule has 7 nitrogen and oxygen atoms in total. The molecule has 2 fully saturated rings. The maximum Gasteiger partial charge on any atom is 0.278 e. The summed E-state index contributed by atoms with van der Waals surface area (Å²) in [6.07, 6.45) is 6.13. The predicted octanol–water partition coefficient (Wildman–Crippen LogP) is 2.85. The van der Waals surface area contributed by atoms with Crippen LogP contribution < -0.4 is 10.4 Å². The monoisotopic (exact) mass is 453 g/mol. The minimum atomic E-state index is -0.524. The van der Waals surface area contributed by atoms with Crippen LogP contribution in [-0.2, 0) is 10.5 Å². The van der Waals surface area contributed by atoms with Gasteiger partial charge in [-0.15, -0.1) is 0 Å². The molecule has 8 heteroatoms. The molecule has 1 N–H and O–H groups in total. The Balaban J connectivity index is 1.59. The van der Waals surface area contributed by atoms with E-state index >= 15 is 0 Å². The summed E-state index contributed by atoms with van der Waals surface area (Å²) in [6.45, 7) is 1.30. The Morgan fingerprint density at radius 2 is 1.94 bits per heavy atom. The number of hydrogen-bond acceptors (Lipinski definition) is 6. The van der Waals surface area contributed by atoms with Crippen LogP contribution in [0.25, 0.3) is 0 Å². The van der Waals surface area contributed by atoms with Gasteiger partial charge in [-0.2, -0.15) is 11.8 Å². The van der Waals surface area contributed by atoms with E-state index in [1.807, 2.05) is 11.8 Å². The van der Waals surface area contributed by atoms with Crippen molar-refractivity contribution in [2.45, 2.75) is 48.9 Å². The Hall–Kier alpha value is -2.45. The summed E-state index contributed by atoms with van der Waals surface area (Å²) in [7, 11) is 0. The SMILES string of the molecule is O=C1c2c(O)c(=O)ccn2N(C2c3ccccc3CSC3CCCCC32)C2COCCN12. The van der Waals surface area contributed by atoms with Crippen LogP contribution in [0.2, 0.25) is 0 Å². The summed E-state index contributed by atoms with van der Waals surface area (Å²) in [4.78, 5) is 27.4. The van der Waals surface area contributed by atoms with Crippen molar-refractivity contribution >= 4 is 17.7 Å². The number of carbonyl (C=O) groups excluding carboxylic acids is 1. The topological polar surface area (TPSA) is 75.0 Å². The molecule has 168 valence electrons. The van der Waals surface area contributed by atoms with Crippen LogP contribution in [0.4, 0.5) is 0 Å². The first-order valence-corrected chi connectivity index (χ1v) is 12.5. The van der Waals surface area contributed by atoms with E-state index in [-0.39, 0.29) is 23.8 Å². The molecule has 6 rings (SSSR count). The van der Waals surface area contributed by atoms with Crippen LogP contribution in [-0.4, -0.2) is 51.8 Å². The van der Waals surface area contributed by atoms with Crippen molar-refractivity contribution in [1.29, 1.82) is 0 Å². The van der Waals surface area contributed by atoms with Crippen LogP contribution in [0.1, 0.15) is 53.3 Å². The minimum Gasteiger partial charge on any atom is -0.502 e. The molecule has 1 saturated carbocycles. The largest absolute Gasteiger partial charge is 0.502 e. The molecule has 1 aliphatic carbocycles. The summed E-state index contributed by atoms with van der Waals surface area (Å²) in [6, 6.07) is 9.99. The molecule has 1 aromatic heterocycles. The first kappa shape index (κ1) is 20.2. The number of morpholine rings is 1. The zero-order valence-electron chi connectivity index (χ0n) is 17.9. The molecule has 0 bridgehead atoms. The lowest BCUT2D eigenvalue weighted by Crippen LogP contribution is -2.67. The summed E-state index contributed by atoms with van der Waals surface area (Å²) in [5, 5.41) is 13.4. The lowest BCUT2D eigenvalue weighted by Gasteiger charge is -2.53. The van der Waals surface area contributed by atoms with Gasteiger partial charge in [0.25, 0.3) is 5.91 Å². The number of aromatic nitrogens is 1. The smallest absolute Gasteiger partial charge is 0.278 e. The maximum atomic E-state index is 13.4. The molecule has 32 heavy (non-hydrogen) atoms. The van der Waals surface area contributed by atoms with Crippen LogP contribution in [0.15, 0.2) is 41.3 Å². The third-order valence-electron chi connectivity index (χ3n) is 7.45. The highest BCUT2D eigenvalue weighted by Gasteiger charge is 2.48. The number of thioether (sulfide) groups is 1. The zero-order chi connectivity index (χ0) is 21.8. The first-order chi connectivity index (χ1) is 15.6. The highest BCUT2D eigenvalue weighted by Crippen LogP contribution is 2.49. The number of aromatic hydroxyl groups is 1. The summed E-state index contributed by atoms with van der Waals surface area (Å²) in [5.41, 5.74) is 2.14. The lowest BCUT2D eigenvalue weighted by molar-refractivity contribution is -0.0240. The third kappa shape index (κ3) is 2.99. The van der Waals surface area contributed by atoms with E-state index in [2.05, 4.69) is 29.3 Å². The Labute approximate surface area is 190 Å². The van der Waals surface area contributed by atoms with Crippen molar-refractivity contribution in [2.24, 2.45) is 5.92 Å². The Kier molecular flexibility index (Phi) is 4.95. The van der Waals surface area contributed by atoms with Gasteiger partial charge in [-0.25, -0.2) is 0 Å². The molecule has 4 aliphatic rings. The Bertz CT molecular complexity index is 1120. The Morgan fingerprint density at radius 1 is 1.09 bits per heavy atom. The molecule has 4 atom stereocenters. The van der Waals surface area contributed by atoms with E-state index in [0.29, 0.717) is 30.9 Å². The molecule has 3 aliphatic heterocycles. The van der Waals surface area contributed by atoms with E-state index in [9.17, 15) is 14.7 Å². The molecule has 1 aromatic carbocycles. The highest BCUT2D eigenvalue weighted by atomic mass is 32.2. The molecular weight excluding hydrogens is 426 g/mol. The van der Waals surface area contributed by atoms with Crippen LogP contribution in [0.3, 0.4) is 0 Å². The number of pyridine rings is 1. The molecule has 0 radical (unpaired) electrons. The lowest BCUT2D eigenvalue weighted by atomic mass is 9.79. The number of nitrogens with zero attached hydrogens (tertiary/aromatic N) is 3. The highest BCUT2D eigenvalue weighted by molar-refractivity contribution is 7.99. The standard InChI is InChI=1S/C24H27N3O4S/c28-18-9-10-26-22(23(18)29)24(30)25-11-12-31-13-20(25)27(26)21-16-6-2-1-5-15(16)14-32-19-8-4-3-7-17(19)21/h1-2,5-6,9-10,17,19-21,29H,3-4,7-8,11-14H2. The van der Waals surface area contributed by atoms with Crippen molar-refractivity contribution < 1.29 is 14.6 Å². The maximum absolute atomic E-state index is 13.4. The van der Waals surface area contributed by atoms with E-state index in [4.69, 9.17) is 4.74 Å². The van der Waals surface area contributed by atoms with E-state index in [1.54, 1.807) is 15.8 Å². The second kappa shape index (κ2) is 7.85. The van der Waals surface area contributed by atoms with Gasteiger partial charge in [0, 0.05) is 29.8 Å². The van der Waals surface area contributed by atoms with Gasteiger partial charge < -0.3 is 14.7 Å². The molecule has 1 saturated heterocycles. The van der Waals surface area contributed by atoms with E-state index < -0.39 is 11.2 Å². The number of amides is 1. The zero-order valence-corrected chi connectivity index (χ0v) is 18.7. The summed E-state index contributed by atoms with van der Waals surface area (Å²) < 4.78 is 7.60. The van der Waals surface area contributed by atoms with Crippen molar-refractivity contribution in [3.8, 4) is 5.75 Å². The average Bonchev–Trinajstić information content (AvgIpc) is 2.99. The van der Waals surface area contributed by atoms with Crippen LogP contribution in [0, 0.1) is 5.92 Å². The van der Waals surface area contributed by atoms with Gasteiger partial charge >= 0.3 is 0 Å². The number of rotatable bonds is 1. The van der Waals surface area contributed by atoms with Crippen LogP contribution in [0.5, 0.6) is 5.75 Å². The number of ether oxygens (including phenoxy) is 1. The molecule has 0 spiro atoms. The molecular formula is C24H27N3O4S. The van der Waals surface area contributed by atoms with Gasteiger partial charge in [-0.3, -0.25) is 19.3 Å². The number of fused-ring (bicyclic) bond motifs is 4. The molecule has 2 aromatic rings. The van der Waals surface area contributed by atoms with Gasteiger partial charge in [-0.05, 0) is 29.9 Å². The first-order valence-electron chi connectivity index (χ1n) is 11.5. The van der Waals surface area contributed by atoms with Gasteiger partial charge in [-0.1, -0.05) is 37.1 Å². The number of carbonyl (C=O) groups is 1. The van der Waals surface area contributed by atoms with Crippen molar-refractivity contribution in [1.82, 2.24) is 9.58 Å². The normalized spacial score (nSPS) is 29.4. The third-order valence-corrected chi connectivity index (χ3v) is 8.94. The van der Waals surface area contributed by atoms with Crippen molar-refractivity contribution in [3.63, 3.8) is 0 Å². The average molecular weight is 454 g/mol. The Morgan fingerprint density at radius 3 is 2.84 bits per heavy atom. The quantitative estimate of drug-likeness (QED) is 0.716. The fourth-order valence-electron chi connectivity index (χ4n) is 5.97. The van der Waals surface area contributed by atoms with Gasteiger partial charge in [0.05, 0.1) is 19.3 Å². The van der Waals surface area contributed by atoms with Crippen molar-refractivity contribution in [2.75, 3.05) is 24.8 Å². The number of benzene rings is 1. The summed E-state index contributed by atoms with van der Waals surface area (Å²) >= 11 is 2.05. The van der Waals surface area contributed by atoms with Gasteiger partial charge in [0.2, 0.25) is 5.43 Å². The number of hydrogen-bond donors (Lipinski definition) is 1.